The van der Waals surface area contributed by atoms with Crippen LogP contribution in [0.5, 0.6) is 0 Å². The molecule has 1 amide bonds. The summed E-state index contributed by atoms with van der Waals surface area (Å²) in [7, 11) is 0. The second-order valence-corrected chi connectivity index (χ2v) is 3.33. The first-order chi connectivity index (χ1) is 8.27. The Labute approximate surface area is 96.8 Å². The summed E-state index contributed by atoms with van der Waals surface area (Å²) in [5.74, 6) is -0.448. The summed E-state index contributed by atoms with van der Waals surface area (Å²) in [5.41, 5.74) is 0.461. The molecule has 0 aliphatic heterocycles. The van der Waals surface area contributed by atoms with Gasteiger partial charge in [-0.3, -0.25) is 14.6 Å². The molecule has 6 heteroatoms. The van der Waals surface area contributed by atoms with E-state index in [0.29, 0.717) is 6.54 Å². The molecule has 17 heavy (non-hydrogen) atoms. The smallest absolute Gasteiger partial charge is 0.263 e. The molecule has 6 nitrogen and oxygen atoms in total. The number of rotatable bonds is 3. The van der Waals surface area contributed by atoms with Gasteiger partial charge in [-0.25, -0.2) is 4.98 Å². The van der Waals surface area contributed by atoms with Crippen molar-refractivity contribution >= 4 is 5.91 Å². The highest BCUT2D eigenvalue weighted by Crippen LogP contribution is 1.96. The number of pyridine rings is 1. The Morgan fingerprint density at radius 3 is 2.76 bits per heavy atom. The molecule has 0 radical (unpaired) electrons. The monoisotopic (exact) mass is 230 g/mol. The minimum atomic E-state index is -0.452. The SMILES string of the molecule is O=C(NCc1ccncc1)c1cnc[nH]c1=O. The molecule has 86 valence electrons. The van der Waals surface area contributed by atoms with Crippen molar-refractivity contribution in [3.05, 3.63) is 58.5 Å². The topological polar surface area (TPSA) is 87.7 Å². The summed E-state index contributed by atoms with van der Waals surface area (Å²) >= 11 is 0. The molecule has 2 heterocycles. The summed E-state index contributed by atoms with van der Waals surface area (Å²) in [5, 5.41) is 2.63. The second-order valence-electron chi connectivity index (χ2n) is 3.33. The van der Waals surface area contributed by atoms with Crippen molar-refractivity contribution in [3.63, 3.8) is 0 Å². The maximum Gasteiger partial charge on any atom is 0.263 e. The third-order valence-corrected chi connectivity index (χ3v) is 2.17. The van der Waals surface area contributed by atoms with Gasteiger partial charge in [-0.2, -0.15) is 0 Å². The van der Waals surface area contributed by atoms with Gasteiger partial charge in [-0.1, -0.05) is 0 Å². The van der Waals surface area contributed by atoms with Crippen molar-refractivity contribution in [2.45, 2.75) is 6.54 Å². The van der Waals surface area contributed by atoms with E-state index in [-0.39, 0.29) is 5.56 Å². The van der Waals surface area contributed by atoms with Crippen molar-refractivity contribution in [3.8, 4) is 0 Å². The molecule has 0 spiro atoms. The Hall–Kier alpha value is -2.50. The van der Waals surface area contributed by atoms with E-state index in [4.69, 9.17) is 0 Å². The lowest BCUT2D eigenvalue weighted by Crippen LogP contribution is -2.29. The number of amides is 1. The van der Waals surface area contributed by atoms with Gasteiger partial charge in [0.25, 0.3) is 11.5 Å². The van der Waals surface area contributed by atoms with Gasteiger partial charge in [0.15, 0.2) is 0 Å². The van der Waals surface area contributed by atoms with Crippen molar-refractivity contribution < 1.29 is 4.79 Å². The van der Waals surface area contributed by atoms with Crippen LogP contribution in [0.2, 0.25) is 0 Å². The fourth-order valence-corrected chi connectivity index (χ4v) is 1.28. The molecule has 2 rings (SSSR count). The van der Waals surface area contributed by atoms with Crippen LogP contribution in [0.15, 0.2) is 41.8 Å². The van der Waals surface area contributed by atoms with E-state index in [1.807, 2.05) is 0 Å². The highest BCUT2D eigenvalue weighted by Gasteiger charge is 2.09. The van der Waals surface area contributed by atoms with Crippen molar-refractivity contribution in [2.75, 3.05) is 0 Å². The molecular formula is C11H10N4O2. The zero-order valence-corrected chi connectivity index (χ0v) is 8.88. The molecule has 2 aromatic heterocycles. The van der Waals surface area contributed by atoms with Gasteiger partial charge in [0.05, 0.1) is 6.33 Å². The Kier molecular flexibility index (Phi) is 3.25. The quantitative estimate of drug-likeness (QED) is 0.782. The van der Waals surface area contributed by atoms with Crippen molar-refractivity contribution in [1.82, 2.24) is 20.3 Å². The zero-order valence-electron chi connectivity index (χ0n) is 8.88. The van der Waals surface area contributed by atoms with Crippen LogP contribution in [-0.4, -0.2) is 20.9 Å². The normalized spacial score (nSPS) is 9.88. The van der Waals surface area contributed by atoms with E-state index < -0.39 is 11.5 Å². The largest absolute Gasteiger partial charge is 0.348 e. The lowest BCUT2D eigenvalue weighted by atomic mass is 10.2. The van der Waals surface area contributed by atoms with E-state index in [0.717, 1.165) is 5.56 Å². The fourth-order valence-electron chi connectivity index (χ4n) is 1.28. The molecule has 0 bridgehead atoms. The summed E-state index contributed by atoms with van der Waals surface area (Å²) in [6.07, 6.45) is 5.75. The molecular weight excluding hydrogens is 220 g/mol. The number of nitrogens with zero attached hydrogens (tertiary/aromatic N) is 2. The average molecular weight is 230 g/mol. The maximum atomic E-state index is 11.7. The Balaban J connectivity index is 2.04. The highest BCUT2D eigenvalue weighted by atomic mass is 16.2. The van der Waals surface area contributed by atoms with Gasteiger partial charge in [0.1, 0.15) is 5.56 Å². The van der Waals surface area contributed by atoms with Gasteiger partial charge in [0.2, 0.25) is 0 Å². The van der Waals surface area contributed by atoms with E-state index in [2.05, 4.69) is 20.3 Å². The van der Waals surface area contributed by atoms with Gasteiger partial charge in [0, 0.05) is 25.1 Å². The number of aromatic amines is 1. The van der Waals surface area contributed by atoms with Gasteiger partial charge >= 0.3 is 0 Å². The Morgan fingerprint density at radius 1 is 1.29 bits per heavy atom. The predicted molar refractivity (Wildman–Crippen MR) is 60.3 cm³/mol. The first-order valence-electron chi connectivity index (χ1n) is 4.97. The molecule has 0 aromatic carbocycles. The maximum absolute atomic E-state index is 11.7. The molecule has 0 unspecified atom stereocenters. The minimum absolute atomic E-state index is 0.00144. The number of carbonyl (C=O) groups is 1. The number of nitrogens with one attached hydrogen (secondary N) is 2. The Morgan fingerprint density at radius 2 is 2.06 bits per heavy atom. The third-order valence-electron chi connectivity index (χ3n) is 2.17. The number of carbonyl (C=O) groups excluding carboxylic acids is 1. The second kappa shape index (κ2) is 5.02. The third kappa shape index (κ3) is 2.75. The predicted octanol–water partition coefficient (Wildman–Crippen LogP) is 0.0949. The number of hydrogen-bond acceptors (Lipinski definition) is 4. The van der Waals surface area contributed by atoms with Crippen LogP contribution in [0.3, 0.4) is 0 Å². The van der Waals surface area contributed by atoms with E-state index in [1.165, 1.54) is 12.5 Å². The van der Waals surface area contributed by atoms with Crippen LogP contribution in [-0.2, 0) is 6.54 Å². The summed E-state index contributed by atoms with van der Waals surface area (Å²) in [6.45, 7) is 0.343. The van der Waals surface area contributed by atoms with Crippen LogP contribution in [0.1, 0.15) is 15.9 Å². The lowest BCUT2D eigenvalue weighted by Gasteiger charge is -2.03. The summed E-state index contributed by atoms with van der Waals surface area (Å²) in [4.78, 5) is 32.9. The van der Waals surface area contributed by atoms with Crippen LogP contribution < -0.4 is 10.9 Å². The zero-order chi connectivity index (χ0) is 12.1. The fraction of sp³-hybridized carbons (Fsp3) is 0.0909. The molecule has 0 aliphatic rings. The van der Waals surface area contributed by atoms with Gasteiger partial charge < -0.3 is 10.3 Å². The molecule has 0 saturated carbocycles. The van der Waals surface area contributed by atoms with E-state index in [1.54, 1.807) is 24.5 Å². The van der Waals surface area contributed by atoms with Gasteiger partial charge in [-0.05, 0) is 17.7 Å². The van der Waals surface area contributed by atoms with Crippen LogP contribution in [0.25, 0.3) is 0 Å². The molecule has 0 aliphatic carbocycles. The molecule has 0 saturated heterocycles. The van der Waals surface area contributed by atoms with Crippen LogP contribution >= 0.6 is 0 Å². The molecule has 0 atom stereocenters. The first kappa shape index (κ1) is 11.0. The van der Waals surface area contributed by atoms with Crippen molar-refractivity contribution in [1.29, 1.82) is 0 Å². The van der Waals surface area contributed by atoms with Crippen LogP contribution in [0.4, 0.5) is 0 Å². The molecule has 0 fully saturated rings. The van der Waals surface area contributed by atoms with E-state index >= 15 is 0 Å². The van der Waals surface area contributed by atoms with E-state index in [9.17, 15) is 9.59 Å². The first-order valence-corrected chi connectivity index (χ1v) is 4.97. The number of aromatic nitrogens is 3. The minimum Gasteiger partial charge on any atom is -0.348 e. The Bertz CT molecular complexity index is 565. The number of hydrogen-bond donors (Lipinski definition) is 2. The van der Waals surface area contributed by atoms with Crippen molar-refractivity contribution in [2.24, 2.45) is 0 Å². The molecule has 2 aromatic rings. The number of H-pyrrole nitrogens is 1. The average Bonchev–Trinajstić information content (AvgIpc) is 2.38. The summed E-state index contributed by atoms with van der Waals surface area (Å²) < 4.78 is 0. The van der Waals surface area contributed by atoms with Crippen LogP contribution in [0, 0.1) is 0 Å². The van der Waals surface area contributed by atoms with Gasteiger partial charge in [-0.15, -0.1) is 0 Å². The standard InChI is InChI=1S/C11H10N4O2/c16-10(9-6-13-7-15-11(9)17)14-5-8-1-3-12-4-2-8/h1-4,6-7H,5H2,(H,14,16)(H,13,15,17). The molecule has 2 N–H and O–H groups in total. The lowest BCUT2D eigenvalue weighted by molar-refractivity contribution is 0.0949. The highest BCUT2D eigenvalue weighted by molar-refractivity contribution is 5.93. The summed E-state index contributed by atoms with van der Waals surface area (Å²) in [6, 6.07) is 3.57.